The summed E-state index contributed by atoms with van der Waals surface area (Å²) in [7, 11) is 0. The zero-order chi connectivity index (χ0) is 17.8. The fourth-order valence-corrected chi connectivity index (χ4v) is 2.49. The van der Waals surface area contributed by atoms with E-state index in [1.165, 1.54) is 0 Å². The van der Waals surface area contributed by atoms with E-state index in [9.17, 15) is 4.79 Å². The Kier molecular flexibility index (Phi) is 5.95. The van der Waals surface area contributed by atoms with Gasteiger partial charge in [0.1, 0.15) is 5.60 Å². The van der Waals surface area contributed by atoms with Gasteiger partial charge in [0.25, 0.3) is 0 Å². The first-order valence-electron chi connectivity index (χ1n) is 7.28. The third-order valence-corrected chi connectivity index (χ3v) is 3.39. The summed E-state index contributed by atoms with van der Waals surface area (Å²) in [5.74, 6) is -3.65. The van der Waals surface area contributed by atoms with Crippen molar-refractivity contribution in [1.82, 2.24) is 4.90 Å². The number of hydrogen-bond acceptors (Lipinski definition) is 6. The smallest absolute Gasteiger partial charge is 0.414 e. The Hall–Kier alpha value is -1.87. The van der Waals surface area contributed by atoms with Gasteiger partial charge in [0, 0.05) is 12.6 Å². The minimum absolute atomic E-state index is 0.105. The molecule has 2 aliphatic rings. The van der Waals surface area contributed by atoms with Crippen molar-refractivity contribution in [3.05, 3.63) is 0 Å². The molecule has 1 spiro atoms. The maximum Gasteiger partial charge on any atom is 0.414 e. The molecule has 0 radical (unpaired) electrons. The molecule has 0 bridgehead atoms. The maximum atomic E-state index is 11.9. The SMILES string of the molecule is CC(C)(C)OC(=O)N1CCC2(CC(N)CO2)C1.O=C(O)C(=O)O. The normalized spacial score (nSPS) is 26.6. The lowest BCUT2D eigenvalue weighted by Gasteiger charge is -2.26. The van der Waals surface area contributed by atoms with Crippen molar-refractivity contribution in [1.29, 1.82) is 0 Å². The molecule has 4 N–H and O–H groups in total. The van der Waals surface area contributed by atoms with E-state index < -0.39 is 17.5 Å². The van der Waals surface area contributed by atoms with E-state index in [0.29, 0.717) is 19.7 Å². The van der Waals surface area contributed by atoms with Crippen molar-refractivity contribution in [2.75, 3.05) is 19.7 Å². The molecule has 0 aromatic heterocycles. The molecular weight excluding hydrogens is 308 g/mol. The molecule has 2 aliphatic heterocycles. The Morgan fingerprint density at radius 3 is 2.22 bits per heavy atom. The van der Waals surface area contributed by atoms with Gasteiger partial charge in [-0.3, -0.25) is 0 Å². The first-order valence-corrected chi connectivity index (χ1v) is 7.28. The summed E-state index contributed by atoms with van der Waals surface area (Å²) in [6.45, 7) is 7.52. The third kappa shape index (κ3) is 6.03. The molecule has 132 valence electrons. The first kappa shape index (κ1) is 19.2. The highest BCUT2D eigenvalue weighted by atomic mass is 16.6. The van der Waals surface area contributed by atoms with Crippen molar-refractivity contribution in [2.24, 2.45) is 5.73 Å². The second-order valence-corrected chi connectivity index (χ2v) is 6.72. The molecule has 0 saturated carbocycles. The van der Waals surface area contributed by atoms with Gasteiger partial charge in [0.15, 0.2) is 0 Å². The van der Waals surface area contributed by atoms with Crippen molar-refractivity contribution in [2.45, 2.75) is 50.9 Å². The van der Waals surface area contributed by atoms with Crippen LogP contribution in [0.2, 0.25) is 0 Å². The van der Waals surface area contributed by atoms with Gasteiger partial charge in [-0.05, 0) is 33.6 Å². The average molecular weight is 332 g/mol. The second-order valence-electron chi connectivity index (χ2n) is 6.72. The fraction of sp³-hybridized carbons (Fsp3) is 0.786. The first-order chi connectivity index (χ1) is 10.4. The van der Waals surface area contributed by atoms with E-state index in [1.807, 2.05) is 20.8 Å². The van der Waals surface area contributed by atoms with Gasteiger partial charge >= 0.3 is 18.0 Å². The van der Waals surface area contributed by atoms with Crippen LogP contribution in [0.4, 0.5) is 4.79 Å². The zero-order valence-corrected chi connectivity index (χ0v) is 13.6. The number of carboxylic acids is 2. The summed E-state index contributed by atoms with van der Waals surface area (Å²) in [5.41, 5.74) is 5.20. The predicted molar refractivity (Wildman–Crippen MR) is 79.0 cm³/mol. The van der Waals surface area contributed by atoms with Gasteiger partial charge in [-0.25, -0.2) is 14.4 Å². The van der Waals surface area contributed by atoms with Gasteiger partial charge < -0.3 is 30.3 Å². The molecule has 9 nitrogen and oxygen atoms in total. The molecule has 2 rings (SSSR count). The number of rotatable bonds is 0. The largest absolute Gasteiger partial charge is 0.473 e. The summed E-state index contributed by atoms with van der Waals surface area (Å²) in [6, 6.07) is 0.105. The molecule has 9 heteroatoms. The molecule has 0 aromatic rings. The van der Waals surface area contributed by atoms with E-state index in [1.54, 1.807) is 4.90 Å². The Labute approximate surface area is 134 Å². The molecule has 1 amide bonds. The number of carbonyl (C=O) groups excluding carboxylic acids is 1. The van der Waals surface area contributed by atoms with Crippen LogP contribution < -0.4 is 5.73 Å². The molecule has 2 fully saturated rings. The standard InChI is InChI=1S/C12H22N2O3.C2H2O4/c1-11(2,3)17-10(15)14-5-4-12(8-14)6-9(13)7-16-12;3-1(4)2(5)6/h9H,4-8,13H2,1-3H3;(H,3,4)(H,5,6). The average Bonchev–Trinajstić information content (AvgIpc) is 2.95. The van der Waals surface area contributed by atoms with E-state index in [2.05, 4.69) is 0 Å². The molecule has 23 heavy (non-hydrogen) atoms. The number of ether oxygens (including phenoxy) is 2. The van der Waals surface area contributed by atoms with Gasteiger partial charge in [-0.15, -0.1) is 0 Å². The monoisotopic (exact) mass is 332 g/mol. The number of aliphatic carboxylic acids is 2. The topological polar surface area (TPSA) is 139 Å². The van der Waals surface area contributed by atoms with E-state index in [4.69, 9.17) is 35.0 Å². The number of carbonyl (C=O) groups is 3. The highest BCUT2D eigenvalue weighted by Gasteiger charge is 2.46. The van der Waals surface area contributed by atoms with Crippen LogP contribution in [-0.2, 0) is 19.1 Å². The fourth-order valence-electron chi connectivity index (χ4n) is 2.49. The van der Waals surface area contributed by atoms with E-state index in [0.717, 1.165) is 12.8 Å². The van der Waals surface area contributed by atoms with Crippen LogP contribution in [-0.4, -0.2) is 70.1 Å². The summed E-state index contributed by atoms with van der Waals surface area (Å²) >= 11 is 0. The lowest BCUT2D eigenvalue weighted by Crippen LogP contribution is -2.39. The molecule has 2 saturated heterocycles. The molecular formula is C14H24N2O7. The van der Waals surface area contributed by atoms with Crippen LogP contribution in [0.15, 0.2) is 0 Å². The minimum Gasteiger partial charge on any atom is -0.473 e. The number of likely N-dealkylation sites (tertiary alicyclic amines) is 1. The van der Waals surface area contributed by atoms with Crippen LogP contribution in [0.25, 0.3) is 0 Å². The van der Waals surface area contributed by atoms with Crippen molar-refractivity contribution in [3.63, 3.8) is 0 Å². The molecule has 2 atom stereocenters. The summed E-state index contributed by atoms with van der Waals surface area (Å²) < 4.78 is 11.1. The van der Waals surface area contributed by atoms with Crippen LogP contribution in [0.5, 0.6) is 0 Å². The number of nitrogens with zero attached hydrogens (tertiary/aromatic N) is 1. The Balaban J connectivity index is 0.000000379. The number of hydrogen-bond donors (Lipinski definition) is 3. The maximum absolute atomic E-state index is 11.9. The Morgan fingerprint density at radius 2 is 1.83 bits per heavy atom. The Morgan fingerprint density at radius 1 is 1.26 bits per heavy atom. The van der Waals surface area contributed by atoms with Crippen LogP contribution in [0.3, 0.4) is 0 Å². The van der Waals surface area contributed by atoms with Crippen LogP contribution >= 0.6 is 0 Å². The van der Waals surface area contributed by atoms with Gasteiger partial charge in [-0.1, -0.05) is 0 Å². The summed E-state index contributed by atoms with van der Waals surface area (Å²) in [6.07, 6.45) is 1.45. The predicted octanol–water partition coefficient (Wildman–Crippen LogP) is 0.269. The van der Waals surface area contributed by atoms with Crippen LogP contribution in [0.1, 0.15) is 33.6 Å². The molecule has 0 aliphatic carbocycles. The van der Waals surface area contributed by atoms with E-state index in [-0.39, 0.29) is 17.7 Å². The highest BCUT2D eigenvalue weighted by molar-refractivity contribution is 6.27. The summed E-state index contributed by atoms with van der Waals surface area (Å²) in [4.78, 5) is 31.8. The second kappa shape index (κ2) is 7.14. The van der Waals surface area contributed by atoms with Crippen molar-refractivity contribution in [3.8, 4) is 0 Å². The van der Waals surface area contributed by atoms with E-state index >= 15 is 0 Å². The lowest BCUT2D eigenvalue weighted by atomic mass is 9.98. The number of amides is 1. The molecule has 0 aromatic carbocycles. The lowest BCUT2D eigenvalue weighted by molar-refractivity contribution is -0.159. The molecule has 2 heterocycles. The van der Waals surface area contributed by atoms with Gasteiger partial charge in [0.2, 0.25) is 0 Å². The zero-order valence-electron chi connectivity index (χ0n) is 13.6. The minimum atomic E-state index is -1.82. The molecule has 2 unspecified atom stereocenters. The van der Waals surface area contributed by atoms with Gasteiger partial charge in [-0.2, -0.15) is 0 Å². The van der Waals surface area contributed by atoms with Gasteiger partial charge in [0.05, 0.1) is 18.8 Å². The Bertz CT molecular complexity index is 462. The van der Waals surface area contributed by atoms with Crippen molar-refractivity contribution < 1.29 is 34.1 Å². The highest BCUT2D eigenvalue weighted by Crippen LogP contribution is 2.34. The quantitative estimate of drug-likeness (QED) is 0.537. The summed E-state index contributed by atoms with van der Waals surface area (Å²) in [5, 5.41) is 14.8. The number of carboxylic acid groups (broad SMARTS) is 2. The van der Waals surface area contributed by atoms with Crippen LogP contribution in [0, 0.1) is 0 Å². The number of nitrogens with two attached hydrogens (primary N) is 1. The third-order valence-electron chi connectivity index (χ3n) is 3.39. The van der Waals surface area contributed by atoms with Crippen molar-refractivity contribution >= 4 is 18.0 Å².